The highest BCUT2D eigenvalue weighted by Gasteiger charge is 2.35. The van der Waals surface area contributed by atoms with Crippen LogP contribution in [-0.4, -0.2) is 33.3 Å². The highest BCUT2D eigenvalue weighted by atomic mass is 32.1. The summed E-state index contributed by atoms with van der Waals surface area (Å²) in [7, 11) is 0. The van der Waals surface area contributed by atoms with Gasteiger partial charge in [-0.25, -0.2) is 4.98 Å². The maximum absolute atomic E-state index is 12.8. The van der Waals surface area contributed by atoms with Gasteiger partial charge in [0.15, 0.2) is 0 Å². The number of para-hydroxylation sites is 3. The molecule has 0 bridgehead atoms. The number of nitrogens with zero attached hydrogens (tertiary/aromatic N) is 3. The monoisotopic (exact) mass is 396 g/mol. The Morgan fingerprint density at radius 1 is 1.29 bits per heavy atom. The molecule has 1 saturated heterocycles. The van der Waals surface area contributed by atoms with Gasteiger partial charge in [0.25, 0.3) is 5.69 Å². The third kappa shape index (κ3) is 3.48. The Labute approximate surface area is 166 Å². The summed E-state index contributed by atoms with van der Waals surface area (Å²) in [6, 6.07) is 13.9. The molecule has 0 aliphatic carbocycles. The van der Waals surface area contributed by atoms with E-state index in [4.69, 9.17) is 4.98 Å². The van der Waals surface area contributed by atoms with Crippen molar-refractivity contribution < 1.29 is 9.72 Å². The Kier molecular flexibility index (Phi) is 5.06. The third-order valence-electron chi connectivity index (χ3n) is 5.13. The highest BCUT2D eigenvalue weighted by Crippen LogP contribution is 2.37. The first kappa shape index (κ1) is 18.5. The summed E-state index contributed by atoms with van der Waals surface area (Å²) in [5.41, 5.74) is 1.10. The van der Waals surface area contributed by atoms with Crippen LogP contribution in [0.25, 0.3) is 10.2 Å². The van der Waals surface area contributed by atoms with Crippen LogP contribution in [0.3, 0.4) is 0 Å². The number of amides is 1. The number of fused-ring (bicyclic) bond motifs is 1. The molecule has 3 aromatic rings. The van der Waals surface area contributed by atoms with Gasteiger partial charge in [0.2, 0.25) is 5.91 Å². The van der Waals surface area contributed by atoms with E-state index in [2.05, 4.69) is 16.3 Å². The van der Waals surface area contributed by atoms with Crippen molar-refractivity contribution in [3.63, 3.8) is 0 Å². The number of nitrogens with one attached hydrogen (secondary N) is 1. The molecule has 1 amide bonds. The largest absolute Gasteiger partial charge is 0.319 e. The molecule has 0 radical (unpaired) electrons. The summed E-state index contributed by atoms with van der Waals surface area (Å²) in [6.07, 6.45) is 1.94. The van der Waals surface area contributed by atoms with Gasteiger partial charge in [-0.2, -0.15) is 0 Å². The van der Waals surface area contributed by atoms with E-state index in [9.17, 15) is 14.9 Å². The van der Waals surface area contributed by atoms with Crippen LogP contribution < -0.4 is 5.32 Å². The van der Waals surface area contributed by atoms with Crippen LogP contribution in [0.15, 0.2) is 48.5 Å². The van der Waals surface area contributed by atoms with Crippen molar-refractivity contribution in [2.75, 3.05) is 11.9 Å². The lowest BCUT2D eigenvalue weighted by molar-refractivity contribution is -0.383. The number of aromatic nitrogens is 1. The number of rotatable bonds is 5. The molecule has 1 fully saturated rings. The Morgan fingerprint density at radius 3 is 2.82 bits per heavy atom. The number of carbonyl (C=O) groups is 1. The van der Waals surface area contributed by atoms with Crippen LogP contribution in [0.2, 0.25) is 0 Å². The van der Waals surface area contributed by atoms with Crippen LogP contribution in [0.4, 0.5) is 11.4 Å². The molecule has 0 spiro atoms. The Hall–Kier alpha value is -2.84. The molecule has 1 aliphatic rings. The van der Waals surface area contributed by atoms with Gasteiger partial charge in [0.05, 0.1) is 27.2 Å². The fourth-order valence-electron chi connectivity index (χ4n) is 3.68. The fourth-order valence-corrected chi connectivity index (χ4v) is 4.80. The summed E-state index contributed by atoms with van der Waals surface area (Å²) < 4.78 is 1.14. The minimum Gasteiger partial charge on any atom is -0.319 e. The van der Waals surface area contributed by atoms with Crippen molar-refractivity contribution in [1.29, 1.82) is 0 Å². The molecule has 1 aromatic heterocycles. The Balaban J connectivity index is 1.54. The zero-order chi connectivity index (χ0) is 19.7. The Bertz CT molecular complexity index is 1000. The molecule has 8 heteroatoms. The predicted molar refractivity (Wildman–Crippen MR) is 109 cm³/mol. The number of likely N-dealkylation sites (tertiary alicyclic amines) is 1. The summed E-state index contributed by atoms with van der Waals surface area (Å²) in [5, 5.41) is 14.9. The van der Waals surface area contributed by atoms with E-state index >= 15 is 0 Å². The number of carbonyl (C=O) groups excluding carboxylic acids is 1. The number of benzene rings is 2. The van der Waals surface area contributed by atoms with E-state index in [-0.39, 0.29) is 23.3 Å². The topological polar surface area (TPSA) is 88.4 Å². The second kappa shape index (κ2) is 7.65. The minimum absolute atomic E-state index is 0.0870. The molecule has 0 saturated carbocycles. The molecule has 7 nitrogen and oxygen atoms in total. The summed E-state index contributed by atoms with van der Waals surface area (Å²) in [6.45, 7) is 2.64. The second-order valence-corrected chi connectivity index (χ2v) is 7.92. The van der Waals surface area contributed by atoms with Gasteiger partial charge < -0.3 is 5.32 Å². The average Bonchev–Trinajstić information content (AvgIpc) is 3.34. The van der Waals surface area contributed by atoms with Gasteiger partial charge in [-0.05, 0) is 44.5 Å². The van der Waals surface area contributed by atoms with Gasteiger partial charge in [0.1, 0.15) is 10.7 Å². The van der Waals surface area contributed by atoms with E-state index in [0.29, 0.717) is 0 Å². The van der Waals surface area contributed by atoms with Crippen molar-refractivity contribution in [1.82, 2.24) is 9.88 Å². The van der Waals surface area contributed by atoms with Gasteiger partial charge >= 0.3 is 0 Å². The zero-order valence-electron chi connectivity index (χ0n) is 15.4. The molecule has 2 aromatic carbocycles. The number of hydrogen-bond donors (Lipinski definition) is 1. The molecule has 1 N–H and O–H groups in total. The fraction of sp³-hybridized carbons (Fsp3) is 0.300. The minimum atomic E-state index is -0.486. The van der Waals surface area contributed by atoms with Crippen molar-refractivity contribution in [2.24, 2.45) is 0 Å². The molecule has 2 atom stereocenters. The molecule has 1 aliphatic heterocycles. The summed E-state index contributed by atoms with van der Waals surface area (Å²) >= 11 is 1.66. The summed E-state index contributed by atoms with van der Waals surface area (Å²) in [5.74, 6) is -0.248. The first-order chi connectivity index (χ1) is 13.5. The van der Waals surface area contributed by atoms with Gasteiger partial charge in [-0.15, -0.1) is 11.3 Å². The van der Waals surface area contributed by atoms with E-state index in [1.54, 1.807) is 29.5 Å². The van der Waals surface area contributed by atoms with Crippen LogP contribution in [-0.2, 0) is 4.79 Å². The van der Waals surface area contributed by atoms with Gasteiger partial charge in [-0.3, -0.25) is 19.8 Å². The molecule has 4 rings (SSSR count). The average molecular weight is 396 g/mol. The number of hydrogen-bond acceptors (Lipinski definition) is 6. The quantitative estimate of drug-likeness (QED) is 0.511. The lowest BCUT2D eigenvalue weighted by atomic mass is 10.2. The maximum Gasteiger partial charge on any atom is 0.292 e. The van der Waals surface area contributed by atoms with Crippen LogP contribution >= 0.6 is 11.3 Å². The third-order valence-corrected chi connectivity index (χ3v) is 6.26. The summed E-state index contributed by atoms with van der Waals surface area (Å²) in [4.78, 5) is 30.4. The van der Waals surface area contributed by atoms with Crippen molar-refractivity contribution >= 4 is 38.8 Å². The maximum atomic E-state index is 12.8. The highest BCUT2D eigenvalue weighted by molar-refractivity contribution is 7.18. The van der Waals surface area contributed by atoms with E-state index < -0.39 is 11.0 Å². The zero-order valence-corrected chi connectivity index (χ0v) is 16.2. The standard InChI is InChI=1S/C20H20N4O3S/c1-13(19(25)21-14-7-2-4-9-16(14)24(26)27)23-12-6-10-17(23)20-22-15-8-3-5-11-18(15)28-20/h2-5,7-9,11,13,17H,6,10,12H2,1H3,(H,21,25). The number of nitro benzene ring substituents is 1. The van der Waals surface area contributed by atoms with Crippen LogP contribution in [0, 0.1) is 10.1 Å². The molecule has 144 valence electrons. The molecule has 2 unspecified atom stereocenters. The SMILES string of the molecule is CC(C(=O)Nc1ccccc1[N+](=O)[O-])N1CCCC1c1nc2ccccc2s1. The predicted octanol–water partition coefficient (Wildman–Crippen LogP) is 4.37. The lowest BCUT2D eigenvalue weighted by Gasteiger charge is -2.28. The van der Waals surface area contributed by atoms with Crippen molar-refractivity contribution in [2.45, 2.75) is 31.8 Å². The first-order valence-corrected chi connectivity index (χ1v) is 10.0. The number of anilines is 1. The molecular weight excluding hydrogens is 376 g/mol. The van der Waals surface area contributed by atoms with Gasteiger partial charge in [-0.1, -0.05) is 24.3 Å². The number of nitro groups is 1. The van der Waals surface area contributed by atoms with Gasteiger partial charge in [0, 0.05) is 6.07 Å². The van der Waals surface area contributed by atoms with Crippen LogP contribution in [0.1, 0.15) is 30.8 Å². The second-order valence-electron chi connectivity index (χ2n) is 6.86. The first-order valence-electron chi connectivity index (χ1n) is 9.20. The smallest absolute Gasteiger partial charge is 0.292 e. The molecular formula is C20H20N4O3S. The molecule has 2 heterocycles. The van der Waals surface area contributed by atoms with E-state index in [0.717, 1.165) is 34.6 Å². The Morgan fingerprint density at radius 2 is 2.04 bits per heavy atom. The van der Waals surface area contributed by atoms with Crippen molar-refractivity contribution in [3.8, 4) is 0 Å². The number of thiazole rings is 1. The van der Waals surface area contributed by atoms with E-state index in [1.807, 2.05) is 25.1 Å². The lowest BCUT2D eigenvalue weighted by Crippen LogP contribution is -2.41. The normalized spacial score (nSPS) is 18.2. The van der Waals surface area contributed by atoms with Crippen molar-refractivity contribution in [3.05, 3.63) is 63.7 Å². The molecule has 28 heavy (non-hydrogen) atoms. The van der Waals surface area contributed by atoms with E-state index in [1.165, 1.54) is 6.07 Å². The van der Waals surface area contributed by atoms with Crippen LogP contribution in [0.5, 0.6) is 0 Å².